The Morgan fingerprint density at radius 1 is 0.274 bits per heavy atom. The van der Waals surface area contributed by atoms with Crippen molar-refractivity contribution in [3.8, 4) is 66.8 Å². The summed E-state index contributed by atoms with van der Waals surface area (Å²) in [6, 6.07) is 97.6. The van der Waals surface area contributed by atoms with Crippen molar-refractivity contribution in [1.29, 1.82) is 0 Å². The minimum Gasteiger partial charge on any atom is -0.455 e. The van der Waals surface area contributed by atoms with Crippen molar-refractivity contribution < 1.29 is 8.83 Å². The van der Waals surface area contributed by atoms with Gasteiger partial charge in [0.1, 0.15) is 22.3 Å². The fraction of sp³-hybridized carbons (Fsp3) is 0.229. The van der Waals surface area contributed by atoms with Crippen molar-refractivity contribution in [2.45, 2.75) is 164 Å². The van der Waals surface area contributed by atoms with E-state index in [9.17, 15) is 0 Å². The summed E-state index contributed by atoms with van der Waals surface area (Å²) in [6.45, 7) is 42.5. The highest BCUT2D eigenvalue weighted by Gasteiger charge is 2.44. The second-order valence-corrected chi connectivity index (χ2v) is 37.4. The van der Waals surface area contributed by atoms with Crippen molar-refractivity contribution in [2.24, 2.45) is 0 Å². The molecule has 4 aliphatic rings. The molecule has 20 rings (SSSR count). The van der Waals surface area contributed by atoms with Gasteiger partial charge in [0.2, 0.25) is 0 Å². The highest BCUT2D eigenvalue weighted by Crippen LogP contribution is 2.60. The van der Waals surface area contributed by atoms with Gasteiger partial charge in [-0.1, -0.05) is 297 Å². The molecule has 0 fully saturated rings. The predicted molar refractivity (Wildman–Crippen MR) is 477 cm³/mol. The van der Waals surface area contributed by atoms with Crippen LogP contribution in [0.4, 0.5) is 34.1 Å². The second-order valence-electron chi connectivity index (χ2n) is 37.4. The lowest BCUT2D eigenvalue weighted by atomic mass is 9.78. The number of benzene rings is 14. The number of rotatable bonds is 10. The van der Waals surface area contributed by atoms with E-state index in [-0.39, 0.29) is 27.1 Å². The Bertz CT molecular complexity index is 6800. The van der Waals surface area contributed by atoms with Crippen LogP contribution >= 0.6 is 0 Å². The number of hydrogen-bond acceptors (Lipinski definition) is 4. The molecule has 0 amide bonds. The van der Waals surface area contributed by atoms with Crippen LogP contribution in [0.5, 0.6) is 0 Å². The molecule has 16 aromatic rings. The lowest BCUT2D eigenvalue weighted by Crippen LogP contribution is -2.19. The van der Waals surface area contributed by atoms with Crippen molar-refractivity contribution in [3.05, 3.63) is 344 Å². The summed E-state index contributed by atoms with van der Waals surface area (Å²) in [6.07, 6.45) is 0.689. The van der Waals surface area contributed by atoms with Crippen molar-refractivity contribution in [2.75, 3.05) is 9.80 Å². The molecule has 0 saturated heterocycles. The van der Waals surface area contributed by atoms with Crippen molar-refractivity contribution >= 4 is 78.0 Å². The SMILES string of the molecule is Cc1cc(Cc2cccc3c2C(C)(C)c2cc(N(c4ccc5c(c4)C(C)(C)c4cccc(C(C)(C)C)c4-5)c4c(C)cccc4-c4cccc5c4oc4c(C)cccc45)ccc2-3)c2oc3c(-c4cccc(C)c4N(c4ccc5c(c4)C(C)(C)c4ccccc4-5)c4ccc5c(c4)C(C)(C)c4cccc(C(C)(C)C)c4-5)cccc3c2c1. The first kappa shape index (κ1) is 70.4. The van der Waals surface area contributed by atoms with E-state index in [4.69, 9.17) is 8.83 Å². The largest absolute Gasteiger partial charge is 0.455 e. The molecule has 113 heavy (non-hydrogen) atoms. The van der Waals surface area contributed by atoms with E-state index >= 15 is 0 Å². The molecule has 0 spiro atoms. The predicted octanol–water partition coefficient (Wildman–Crippen LogP) is 30.4. The van der Waals surface area contributed by atoms with Gasteiger partial charge in [-0.25, -0.2) is 0 Å². The van der Waals surface area contributed by atoms with Crippen LogP contribution in [-0.4, -0.2) is 0 Å². The summed E-state index contributed by atoms with van der Waals surface area (Å²) in [7, 11) is 0. The Morgan fingerprint density at radius 2 is 0.646 bits per heavy atom. The number of nitrogens with zero attached hydrogens (tertiary/aromatic N) is 2. The zero-order chi connectivity index (χ0) is 78.2. The third kappa shape index (κ3) is 10.3. The highest BCUT2D eigenvalue weighted by molar-refractivity contribution is 6.14. The molecule has 4 aliphatic carbocycles. The van der Waals surface area contributed by atoms with Gasteiger partial charge in [-0.2, -0.15) is 0 Å². The fourth-order valence-electron chi connectivity index (χ4n) is 21.2. The summed E-state index contributed by atoms with van der Waals surface area (Å²) >= 11 is 0. The Balaban J connectivity index is 0.716. The molecule has 2 aromatic heterocycles. The van der Waals surface area contributed by atoms with Gasteiger partial charge >= 0.3 is 0 Å². The topological polar surface area (TPSA) is 32.8 Å². The maximum absolute atomic E-state index is 7.67. The van der Waals surface area contributed by atoms with Crippen LogP contribution in [0, 0.1) is 27.7 Å². The number of hydrogen-bond donors (Lipinski definition) is 0. The van der Waals surface area contributed by atoms with Crippen LogP contribution < -0.4 is 9.80 Å². The molecule has 14 aromatic carbocycles. The van der Waals surface area contributed by atoms with E-state index in [1.54, 1.807) is 0 Å². The first-order valence-corrected chi connectivity index (χ1v) is 40.8. The third-order valence-electron chi connectivity index (χ3n) is 26.8. The summed E-state index contributed by atoms with van der Waals surface area (Å²) in [5, 5.41) is 4.50. The molecule has 0 atom stereocenters. The van der Waals surface area contributed by atoms with Gasteiger partial charge in [0.15, 0.2) is 0 Å². The Hall–Kier alpha value is -11.7. The molecule has 0 N–H and O–H groups in total. The average Bonchev–Trinajstić information content (AvgIpc) is 1.70. The van der Waals surface area contributed by atoms with Crippen LogP contribution in [0.3, 0.4) is 0 Å². The van der Waals surface area contributed by atoms with E-state index in [1.165, 1.54) is 128 Å². The fourth-order valence-corrected chi connectivity index (χ4v) is 21.2. The van der Waals surface area contributed by atoms with Gasteiger partial charge in [-0.05, 0) is 221 Å². The molecule has 0 bridgehead atoms. The van der Waals surface area contributed by atoms with Gasteiger partial charge in [0.25, 0.3) is 0 Å². The van der Waals surface area contributed by atoms with E-state index in [1.807, 2.05) is 0 Å². The molecular formula is C109H98N2O2. The quantitative estimate of drug-likeness (QED) is 0.137. The van der Waals surface area contributed by atoms with Crippen LogP contribution in [0.25, 0.3) is 111 Å². The highest BCUT2D eigenvalue weighted by atomic mass is 16.3. The number of fused-ring (bicyclic) bond motifs is 18. The summed E-state index contributed by atoms with van der Waals surface area (Å²) < 4.78 is 14.7. The minimum atomic E-state index is -0.399. The molecule has 0 saturated carbocycles. The van der Waals surface area contributed by atoms with Gasteiger partial charge < -0.3 is 18.6 Å². The van der Waals surface area contributed by atoms with Crippen LogP contribution in [0.15, 0.2) is 264 Å². The zero-order valence-corrected chi connectivity index (χ0v) is 68.7. The van der Waals surface area contributed by atoms with Crippen LogP contribution in [-0.2, 0) is 38.9 Å². The standard InChI is InChI=1S/C109H98N2O2/c1-62-55-67(101-85(56-62)82-41-26-39-79(103(82)113-101)77-36-22-30-64(3)99(77)110(68-47-51-73-72-33-19-20-42-86(72)106(11,12)91(73)58-68)70-49-53-83-93(60-70)107(13,14)89-45-27-43-87(95(83)89)104(5,6)7)57-66-32-24-34-75-74-52-48-69(59-92(74)109(17,18)97(66)75)111(71-50-54-84-94(61-71)108(15,16)90-46-28-44-88(96(84)90)105(8,9)10)98-63(2)29-21-35-76(98)78-38-25-40-81-80-37-23-31-65(4)100(80)112-102(78)81/h19-56,58-61H,57H2,1-18H3. The van der Waals surface area contributed by atoms with Crippen LogP contribution in [0.1, 0.15) is 186 Å². The summed E-state index contributed by atoms with van der Waals surface area (Å²) in [5.74, 6) is 0. The molecule has 2 heterocycles. The maximum Gasteiger partial charge on any atom is 0.143 e. The summed E-state index contributed by atoms with van der Waals surface area (Å²) in [5.41, 5.74) is 44.9. The number of furan rings is 2. The Labute approximate surface area is 666 Å². The second kappa shape index (κ2) is 24.4. The number of aryl methyl sites for hydroxylation is 4. The Kier molecular flexibility index (Phi) is 15.2. The monoisotopic (exact) mass is 1470 g/mol. The van der Waals surface area contributed by atoms with Gasteiger partial charge in [0.05, 0.1) is 11.4 Å². The lowest BCUT2D eigenvalue weighted by Gasteiger charge is -2.32. The first-order chi connectivity index (χ1) is 54.0. The van der Waals surface area contributed by atoms with E-state index in [2.05, 4.69) is 389 Å². The zero-order valence-electron chi connectivity index (χ0n) is 68.7. The normalized spacial score (nSPS) is 15.0. The lowest BCUT2D eigenvalue weighted by molar-refractivity contribution is 0.589. The van der Waals surface area contributed by atoms with Crippen molar-refractivity contribution in [1.82, 2.24) is 0 Å². The maximum atomic E-state index is 7.67. The first-order valence-electron chi connectivity index (χ1n) is 40.8. The number of anilines is 6. The minimum absolute atomic E-state index is 0.0322. The average molecular weight is 1470 g/mol. The molecule has 0 radical (unpaired) electrons. The molecule has 4 heteroatoms. The third-order valence-corrected chi connectivity index (χ3v) is 26.8. The van der Waals surface area contributed by atoms with E-state index in [0.29, 0.717) is 6.42 Å². The molecular weight excluding hydrogens is 1370 g/mol. The van der Waals surface area contributed by atoms with Gasteiger partial charge in [0, 0.05) is 100 Å². The van der Waals surface area contributed by atoms with E-state index in [0.717, 1.165) is 106 Å². The smallest absolute Gasteiger partial charge is 0.143 e. The molecule has 4 nitrogen and oxygen atoms in total. The Morgan fingerprint density at radius 3 is 1.18 bits per heavy atom. The molecule has 0 unspecified atom stereocenters. The summed E-state index contributed by atoms with van der Waals surface area (Å²) in [4.78, 5) is 5.14. The van der Waals surface area contributed by atoms with E-state index < -0.39 is 5.41 Å². The van der Waals surface area contributed by atoms with Crippen molar-refractivity contribution in [3.63, 3.8) is 0 Å². The molecule has 556 valence electrons. The molecule has 0 aliphatic heterocycles. The van der Waals surface area contributed by atoms with Gasteiger partial charge in [-0.3, -0.25) is 0 Å². The number of para-hydroxylation sites is 5. The van der Waals surface area contributed by atoms with Crippen LogP contribution in [0.2, 0.25) is 0 Å². The van der Waals surface area contributed by atoms with Gasteiger partial charge in [-0.15, -0.1) is 0 Å².